The monoisotopic (exact) mass is 471 g/mol. The lowest BCUT2D eigenvalue weighted by molar-refractivity contribution is -0.137. The van der Waals surface area contributed by atoms with Gasteiger partial charge in [-0.25, -0.2) is 4.98 Å². The van der Waals surface area contributed by atoms with E-state index in [1.54, 1.807) is 0 Å². The van der Waals surface area contributed by atoms with E-state index >= 15 is 0 Å². The van der Waals surface area contributed by atoms with Crippen molar-refractivity contribution in [2.45, 2.75) is 18.3 Å². The van der Waals surface area contributed by atoms with Crippen LogP contribution in [0.4, 0.5) is 18.3 Å². The third-order valence-electron chi connectivity index (χ3n) is 4.21. The molecular formula is C18H13ClF3N5OS2. The number of amides is 1. The minimum absolute atomic E-state index is 0.0432. The number of pyridine rings is 1. The molecule has 0 aliphatic heterocycles. The van der Waals surface area contributed by atoms with Gasteiger partial charge in [0.2, 0.25) is 5.91 Å². The van der Waals surface area contributed by atoms with E-state index in [0.717, 1.165) is 38.6 Å². The number of carbonyl (C=O) groups is 1. The van der Waals surface area contributed by atoms with Gasteiger partial charge < -0.3 is 0 Å². The summed E-state index contributed by atoms with van der Waals surface area (Å²) in [5, 5.41) is 8.26. The van der Waals surface area contributed by atoms with Crippen LogP contribution in [0.1, 0.15) is 12.5 Å². The Kier molecular flexibility index (Phi) is 5.60. The van der Waals surface area contributed by atoms with Crippen LogP contribution < -0.4 is 4.90 Å². The van der Waals surface area contributed by atoms with Crippen molar-refractivity contribution in [3.8, 4) is 0 Å². The Morgan fingerprint density at radius 3 is 2.77 bits per heavy atom. The van der Waals surface area contributed by atoms with Crippen LogP contribution >= 0.6 is 34.7 Å². The largest absolute Gasteiger partial charge is 0.417 e. The van der Waals surface area contributed by atoms with E-state index < -0.39 is 11.7 Å². The molecule has 0 aliphatic carbocycles. The number of fused-ring (bicyclic) bond motifs is 2. The number of aromatic nitrogens is 4. The van der Waals surface area contributed by atoms with Crippen LogP contribution in [0, 0.1) is 0 Å². The summed E-state index contributed by atoms with van der Waals surface area (Å²) in [4.78, 5) is 18.8. The molecule has 0 bridgehead atoms. The van der Waals surface area contributed by atoms with Crippen LogP contribution in [-0.4, -0.2) is 37.8 Å². The van der Waals surface area contributed by atoms with E-state index in [2.05, 4.69) is 15.2 Å². The highest BCUT2D eigenvalue weighted by Crippen LogP contribution is 2.34. The van der Waals surface area contributed by atoms with E-state index in [9.17, 15) is 18.0 Å². The molecule has 0 radical (unpaired) electrons. The Bertz CT molecular complexity index is 1210. The fraction of sp³-hybridized carbons (Fsp3) is 0.222. The van der Waals surface area contributed by atoms with E-state index in [-0.39, 0.29) is 27.5 Å². The predicted octanol–water partition coefficient (Wildman–Crippen LogP) is 5.16. The minimum atomic E-state index is -4.56. The average molecular weight is 472 g/mol. The van der Waals surface area contributed by atoms with Gasteiger partial charge in [0.25, 0.3) is 0 Å². The second-order valence-corrected chi connectivity index (χ2v) is 8.50. The highest BCUT2D eigenvalue weighted by atomic mass is 35.5. The first kappa shape index (κ1) is 20.9. The zero-order chi connectivity index (χ0) is 21.5. The van der Waals surface area contributed by atoms with Gasteiger partial charge in [-0.2, -0.15) is 13.2 Å². The molecule has 0 atom stereocenters. The lowest BCUT2D eigenvalue weighted by Gasteiger charge is -2.17. The zero-order valence-electron chi connectivity index (χ0n) is 15.4. The van der Waals surface area contributed by atoms with Crippen molar-refractivity contribution in [1.82, 2.24) is 19.6 Å². The summed E-state index contributed by atoms with van der Waals surface area (Å²) in [5.41, 5.74) is -0.0232. The molecule has 0 spiro atoms. The summed E-state index contributed by atoms with van der Waals surface area (Å²) >= 11 is 8.31. The quantitative estimate of drug-likeness (QED) is 0.376. The molecule has 156 valence electrons. The number of hydrogen-bond donors (Lipinski definition) is 0. The first-order chi connectivity index (χ1) is 14.3. The summed E-state index contributed by atoms with van der Waals surface area (Å²) in [6, 6.07) is 8.36. The van der Waals surface area contributed by atoms with Crippen LogP contribution in [-0.2, 0) is 11.0 Å². The standard InChI is InChI=1S/C18H13ClF3N5OS2/c1-2-26(16-23-12-5-3-4-6-13(12)30-16)14(28)9-29-17-25-24-15-11(19)7-10(8-27(15)17)18(20,21)22/h3-8H,2,9H2,1H3. The van der Waals surface area contributed by atoms with Gasteiger partial charge >= 0.3 is 6.18 Å². The van der Waals surface area contributed by atoms with Gasteiger partial charge in [-0.15, -0.1) is 10.2 Å². The summed E-state index contributed by atoms with van der Waals surface area (Å²) in [6.45, 7) is 2.24. The van der Waals surface area contributed by atoms with Crippen molar-refractivity contribution in [2.24, 2.45) is 0 Å². The van der Waals surface area contributed by atoms with Gasteiger partial charge in [0.05, 0.1) is 26.6 Å². The fourth-order valence-corrected chi connectivity index (χ4v) is 4.86. The van der Waals surface area contributed by atoms with Crippen molar-refractivity contribution in [1.29, 1.82) is 0 Å². The number of anilines is 1. The lowest BCUT2D eigenvalue weighted by atomic mass is 10.3. The molecule has 0 aliphatic rings. The molecule has 1 aromatic carbocycles. The van der Waals surface area contributed by atoms with E-state index in [1.165, 1.54) is 16.2 Å². The first-order valence-corrected chi connectivity index (χ1v) is 10.9. The molecule has 4 aromatic rings. The van der Waals surface area contributed by atoms with Crippen LogP contribution in [0.3, 0.4) is 0 Å². The smallest absolute Gasteiger partial charge is 0.288 e. The van der Waals surface area contributed by atoms with Crippen molar-refractivity contribution in [3.05, 3.63) is 47.1 Å². The molecule has 3 aromatic heterocycles. The number of thiazole rings is 1. The topological polar surface area (TPSA) is 63.4 Å². The Morgan fingerprint density at radius 1 is 1.30 bits per heavy atom. The molecule has 12 heteroatoms. The van der Waals surface area contributed by atoms with E-state index in [0.29, 0.717) is 11.7 Å². The van der Waals surface area contributed by atoms with Gasteiger partial charge in [0, 0.05) is 12.7 Å². The Hall–Kier alpha value is -2.37. The first-order valence-electron chi connectivity index (χ1n) is 8.68. The van der Waals surface area contributed by atoms with Crippen LogP contribution in [0.2, 0.25) is 5.02 Å². The SMILES string of the molecule is CCN(C(=O)CSc1nnc2c(Cl)cc(C(F)(F)F)cn12)c1nc2ccccc2s1. The Labute approximate surface area is 181 Å². The van der Waals surface area contributed by atoms with Crippen LogP contribution in [0.5, 0.6) is 0 Å². The average Bonchev–Trinajstić information content (AvgIpc) is 3.30. The van der Waals surface area contributed by atoms with Gasteiger partial charge in [0.1, 0.15) is 0 Å². The van der Waals surface area contributed by atoms with E-state index in [1.807, 2.05) is 31.2 Å². The molecule has 3 heterocycles. The highest BCUT2D eigenvalue weighted by molar-refractivity contribution is 7.99. The maximum Gasteiger partial charge on any atom is 0.417 e. The second-order valence-electron chi connectivity index (χ2n) is 6.14. The third kappa shape index (κ3) is 3.96. The molecule has 0 saturated heterocycles. The predicted molar refractivity (Wildman–Crippen MR) is 111 cm³/mol. The van der Waals surface area contributed by atoms with E-state index in [4.69, 9.17) is 11.6 Å². The molecule has 30 heavy (non-hydrogen) atoms. The molecule has 0 fully saturated rings. The van der Waals surface area contributed by atoms with Gasteiger partial charge in [-0.1, -0.05) is 46.8 Å². The number of rotatable bonds is 5. The number of thioether (sulfide) groups is 1. The number of halogens is 4. The highest BCUT2D eigenvalue weighted by Gasteiger charge is 2.32. The Balaban J connectivity index is 1.56. The van der Waals surface area contributed by atoms with Crippen molar-refractivity contribution >= 4 is 61.6 Å². The number of alkyl halides is 3. The van der Waals surface area contributed by atoms with Crippen molar-refractivity contribution in [3.63, 3.8) is 0 Å². The molecule has 1 amide bonds. The van der Waals surface area contributed by atoms with Crippen molar-refractivity contribution in [2.75, 3.05) is 17.2 Å². The van der Waals surface area contributed by atoms with Gasteiger partial charge in [-0.3, -0.25) is 14.1 Å². The van der Waals surface area contributed by atoms with Crippen molar-refractivity contribution < 1.29 is 18.0 Å². The molecule has 0 N–H and O–H groups in total. The van der Waals surface area contributed by atoms with Crippen LogP contribution in [0.15, 0.2) is 41.7 Å². The maximum absolute atomic E-state index is 13.1. The zero-order valence-corrected chi connectivity index (χ0v) is 17.7. The number of benzene rings is 1. The molecule has 0 unspecified atom stereocenters. The number of hydrogen-bond acceptors (Lipinski definition) is 6. The summed E-state index contributed by atoms with van der Waals surface area (Å²) < 4.78 is 41.4. The second kappa shape index (κ2) is 8.05. The molecular weight excluding hydrogens is 459 g/mol. The number of nitrogens with zero attached hydrogens (tertiary/aromatic N) is 5. The lowest BCUT2D eigenvalue weighted by Crippen LogP contribution is -2.32. The number of para-hydroxylation sites is 1. The number of carbonyl (C=O) groups excluding carboxylic acids is 1. The molecule has 6 nitrogen and oxygen atoms in total. The van der Waals surface area contributed by atoms with Crippen LogP contribution in [0.25, 0.3) is 15.9 Å². The van der Waals surface area contributed by atoms with Gasteiger partial charge in [-0.05, 0) is 25.1 Å². The fourth-order valence-electron chi connectivity index (χ4n) is 2.79. The third-order valence-corrected chi connectivity index (χ3v) is 6.48. The molecule has 0 saturated carbocycles. The minimum Gasteiger partial charge on any atom is -0.288 e. The summed E-state index contributed by atoms with van der Waals surface area (Å²) in [7, 11) is 0. The normalized spacial score (nSPS) is 12.0. The molecule has 4 rings (SSSR count). The summed E-state index contributed by atoms with van der Waals surface area (Å²) in [6.07, 6.45) is -3.69. The van der Waals surface area contributed by atoms with Gasteiger partial charge in [0.15, 0.2) is 15.9 Å². The maximum atomic E-state index is 13.1. The Morgan fingerprint density at radius 2 is 2.07 bits per heavy atom. The summed E-state index contributed by atoms with van der Waals surface area (Å²) in [5.74, 6) is -0.283.